The van der Waals surface area contributed by atoms with Crippen molar-refractivity contribution in [2.24, 2.45) is 34.5 Å². The number of unbranched alkanes of at least 4 members (excludes halogenated alkanes) is 1. The molecule has 1 nitrogen and oxygen atoms in total. The highest BCUT2D eigenvalue weighted by atomic mass is 15.1. The van der Waals surface area contributed by atoms with Gasteiger partial charge in [-0.25, -0.2) is 0 Å². The minimum Gasteiger partial charge on any atom is -0.295 e. The summed E-state index contributed by atoms with van der Waals surface area (Å²) in [5.74, 6) is 3.41. The second-order valence-corrected chi connectivity index (χ2v) is 13.1. The van der Waals surface area contributed by atoms with E-state index in [-0.39, 0.29) is 0 Å². The Labute approximate surface area is 221 Å². The summed E-state index contributed by atoms with van der Waals surface area (Å²) in [6, 6.07) is 0. The van der Waals surface area contributed by atoms with Crippen molar-refractivity contribution in [3.05, 3.63) is 48.1 Å². The van der Waals surface area contributed by atoms with E-state index in [9.17, 15) is 0 Å². The lowest BCUT2D eigenvalue weighted by molar-refractivity contribution is 0.0337. The van der Waals surface area contributed by atoms with E-state index in [0.29, 0.717) is 10.8 Å². The van der Waals surface area contributed by atoms with Crippen molar-refractivity contribution in [2.45, 2.75) is 114 Å². The molecule has 35 heavy (non-hydrogen) atoms. The zero-order valence-electron chi connectivity index (χ0n) is 25.4. The molecule has 1 heteroatoms. The molecule has 0 aromatic carbocycles. The first-order chi connectivity index (χ1) is 16.4. The average Bonchev–Trinajstić information content (AvgIpc) is 3.55. The first-order valence-electron chi connectivity index (χ1n) is 14.8. The smallest absolute Gasteiger partial charge is 0.0239 e. The SMILES string of the molecule is C=C/C(C)=C(\C=C/C)CN(C/C=C/CCC)CCC1CC1C(CCC)C(C)(CC(C)(C)C)C(C)C. The van der Waals surface area contributed by atoms with Crippen LogP contribution in [0.4, 0.5) is 0 Å². The molecular weight excluding hydrogens is 422 g/mol. The molecule has 0 aromatic heterocycles. The highest BCUT2D eigenvalue weighted by Crippen LogP contribution is 2.58. The third kappa shape index (κ3) is 10.8. The van der Waals surface area contributed by atoms with E-state index in [4.69, 9.17) is 0 Å². The van der Waals surface area contributed by atoms with Gasteiger partial charge in [-0.1, -0.05) is 105 Å². The van der Waals surface area contributed by atoms with Crippen LogP contribution in [0.5, 0.6) is 0 Å². The summed E-state index contributed by atoms with van der Waals surface area (Å²) in [5, 5.41) is 0. The molecule has 202 valence electrons. The lowest BCUT2D eigenvalue weighted by atomic mass is 9.59. The second kappa shape index (κ2) is 15.2. The number of allylic oxidation sites excluding steroid dienone is 4. The van der Waals surface area contributed by atoms with Crippen LogP contribution in [0.25, 0.3) is 0 Å². The van der Waals surface area contributed by atoms with Gasteiger partial charge in [-0.05, 0) is 98.1 Å². The van der Waals surface area contributed by atoms with Gasteiger partial charge in [0.1, 0.15) is 0 Å². The fraction of sp³-hybridized carbons (Fsp3) is 0.765. The molecule has 1 aliphatic carbocycles. The minimum atomic E-state index is 0.384. The van der Waals surface area contributed by atoms with Gasteiger partial charge >= 0.3 is 0 Å². The van der Waals surface area contributed by atoms with Crippen molar-refractivity contribution >= 4 is 0 Å². The molecular formula is C34H61N. The van der Waals surface area contributed by atoms with Gasteiger partial charge in [-0.15, -0.1) is 0 Å². The molecule has 0 spiro atoms. The van der Waals surface area contributed by atoms with Crippen molar-refractivity contribution < 1.29 is 0 Å². The Balaban J connectivity index is 2.96. The summed E-state index contributed by atoms with van der Waals surface area (Å²) in [4.78, 5) is 2.66. The third-order valence-electron chi connectivity index (χ3n) is 8.55. The lowest BCUT2D eigenvalue weighted by Gasteiger charge is -2.46. The number of rotatable bonds is 17. The van der Waals surface area contributed by atoms with Crippen molar-refractivity contribution in [3.63, 3.8) is 0 Å². The monoisotopic (exact) mass is 483 g/mol. The van der Waals surface area contributed by atoms with Gasteiger partial charge in [0.2, 0.25) is 0 Å². The maximum Gasteiger partial charge on any atom is 0.0239 e. The van der Waals surface area contributed by atoms with E-state index in [1.54, 1.807) is 0 Å². The van der Waals surface area contributed by atoms with Gasteiger partial charge in [0.15, 0.2) is 0 Å². The van der Waals surface area contributed by atoms with Crippen molar-refractivity contribution in [2.75, 3.05) is 19.6 Å². The predicted octanol–water partition coefficient (Wildman–Crippen LogP) is 10.3. The molecule has 1 saturated carbocycles. The fourth-order valence-corrected chi connectivity index (χ4v) is 6.32. The van der Waals surface area contributed by atoms with Crippen molar-refractivity contribution in [1.82, 2.24) is 4.90 Å². The molecule has 0 aliphatic heterocycles. The molecule has 1 fully saturated rings. The molecule has 1 aliphatic rings. The first kappa shape index (κ1) is 31.9. The Morgan fingerprint density at radius 2 is 1.77 bits per heavy atom. The fourth-order valence-electron chi connectivity index (χ4n) is 6.32. The zero-order chi connectivity index (χ0) is 26.6. The maximum atomic E-state index is 4.03. The highest BCUT2D eigenvalue weighted by molar-refractivity contribution is 5.32. The molecule has 0 amide bonds. The summed E-state index contributed by atoms with van der Waals surface area (Å²) < 4.78 is 0. The molecule has 0 bridgehead atoms. The van der Waals surface area contributed by atoms with Gasteiger partial charge in [0.05, 0.1) is 0 Å². The normalized spacial score (nSPS) is 22.2. The van der Waals surface area contributed by atoms with E-state index < -0.39 is 0 Å². The van der Waals surface area contributed by atoms with Crippen LogP contribution in [0, 0.1) is 34.5 Å². The maximum absolute atomic E-state index is 4.03. The van der Waals surface area contributed by atoms with E-state index in [0.717, 1.165) is 36.8 Å². The number of hydrogen-bond acceptors (Lipinski definition) is 1. The van der Waals surface area contributed by atoms with Crippen molar-refractivity contribution in [3.8, 4) is 0 Å². The van der Waals surface area contributed by atoms with E-state index in [2.05, 4.69) is 105 Å². The quantitative estimate of drug-likeness (QED) is 0.147. The average molecular weight is 484 g/mol. The Morgan fingerprint density at radius 1 is 1.09 bits per heavy atom. The van der Waals surface area contributed by atoms with Gasteiger partial charge in [0, 0.05) is 13.1 Å². The molecule has 0 heterocycles. The Bertz CT molecular complexity index is 701. The van der Waals surface area contributed by atoms with Crippen LogP contribution in [-0.4, -0.2) is 24.5 Å². The lowest BCUT2D eigenvalue weighted by Crippen LogP contribution is -2.38. The van der Waals surface area contributed by atoms with Crippen LogP contribution in [-0.2, 0) is 0 Å². The Kier molecular flexibility index (Phi) is 13.9. The highest BCUT2D eigenvalue weighted by Gasteiger charge is 2.51. The van der Waals surface area contributed by atoms with Crippen LogP contribution >= 0.6 is 0 Å². The summed E-state index contributed by atoms with van der Waals surface area (Å²) >= 11 is 0. The molecule has 4 unspecified atom stereocenters. The minimum absolute atomic E-state index is 0.384. The number of hydrogen-bond donors (Lipinski definition) is 0. The Morgan fingerprint density at radius 3 is 2.29 bits per heavy atom. The van der Waals surface area contributed by atoms with Gasteiger partial charge in [-0.2, -0.15) is 0 Å². The van der Waals surface area contributed by atoms with Crippen LogP contribution in [0.15, 0.2) is 48.1 Å². The summed E-state index contributed by atoms with van der Waals surface area (Å²) in [6.07, 6.45) is 20.4. The van der Waals surface area contributed by atoms with Crippen LogP contribution in [0.3, 0.4) is 0 Å². The van der Waals surface area contributed by atoms with E-state index in [1.807, 2.05) is 6.08 Å². The van der Waals surface area contributed by atoms with Crippen LogP contribution in [0.2, 0.25) is 0 Å². The molecule has 0 aromatic rings. The largest absolute Gasteiger partial charge is 0.295 e. The van der Waals surface area contributed by atoms with Gasteiger partial charge in [0.25, 0.3) is 0 Å². The van der Waals surface area contributed by atoms with Gasteiger partial charge in [-0.3, -0.25) is 4.90 Å². The van der Waals surface area contributed by atoms with Crippen molar-refractivity contribution in [1.29, 1.82) is 0 Å². The molecule has 1 rings (SSSR count). The third-order valence-corrected chi connectivity index (χ3v) is 8.55. The predicted molar refractivity (Wildman–Crippen MR) is 160 cm³/mol. The molecule has 0 N–H and O–H groups in total. The molecule has 0 radical (unpaired) electrons. The summed E-state index contributed by atoms with van der Waals surface area (Å²) in [6.45, 7) is 31.1. The summed E-state index contributed by atoms with van der Waals surface area (Å²) in [5.41, 5.74) is 3.52. The number of nitrogens with zero attached hydrogens (tertiary/aromatic N) is 1. The van der Waals surface area contributed by atoms with Crippen LogP contribution in [0.1, 0.15) is 114 Å². The molecule has 0 saturated heterocycles. The standard InChI is InChI=1S/C34H61N/c1-12-16-17-18-22-35(25-30(19-13-2)28(7)15-4)23-21-29-24-31(29)32(20-14-3)34(11,27(5)6)26-33(8,9)10/h13,15,17-19,27,29,31-32H,4,12,14,16,20-26H2,1-3,5-11H3/b18-17+,19-13-,30-28+. The molecule has 4 atom stereocenters. The van der Waals surface area contributed by atoms with Gasteiger partial charge < -0.3 is 0 Å². The second-order valence-electron chi connectivity index (χ2n) is 13.1. The van der Waals surface area contributed by atoms with E-state index >= 15 is 0 Å². The summed E-state index contributed by atoms with van der Waals surface area (Å²) in [7, 11) is 0. The topological polar surface area (TPSA) is 3.24 Å². The zero-order valence-corrected chi connectivity index (χ0v) is 25.4. The first-order valence-corrected chi connectivity index (χ1v) is 14.8. The van der Waals surface area contributed by atoms with Crippen LogP contribution < -0.4 is 0 Å². The van der Waals surface area contributed by atoms with E-state index in [1.165, 1.54) is 62.6 Å². The Hall–Kier alpha value is -1.08.